The van der Waals surface area contributed by atoms with Crippen molar-refractivity contribution in [2.24, 2.45) is 0 Å². The summed E-state index contributed by atoms with van der Waals surface area (Å²) in [6.45, 7) is 3.74. The molecule has 0 N–H and O–H groups in total. The Kier molecular flexibility index (Phi) is 4.94. The molecule has 0 amide bonds. The number of halogens is 1. The van der Waals surface area contributed by atoms with E-state index in [9.17, 15) is 9.59 Å². The Morgan fingerprint density at radius 1 is 1.03 bits per heavy atom. The quantitative estimate of drug-likeness (QED) is 0.183. The molecule has 158 valence electrons. The van der Waals surface area contributed by atoms with Crippen molar-refractivity contribution in [2.45, 2.75) is 13.8 Å². The fourth-order valence-corrected chi connectivity index (χ4v) is 4.03. The molecule has 0 bridgehead atoms. The van der Waals surface area contributed by atoms with Gasteiger partial charge in [0, 0.05) is 15.4 Å². The minimum atomic E-state index is -0.625. The van der Waals surface area contributed by atoms with Crippen molar-refractivity contribution in [2.75, 3.05) is 0 Å². The summed E-state index contributed by atoms with van der Waals surface area (Å²) < 4.78 is 17.9. The van der Waals surface area contributed by atoms with Crippen molar-refractivity contribution in [3.63, 3.8) is 0 Å². The second-order valence-electron chi connectivity index (χ2n) is 7.60. The molecule has 0 radical (unpaired) electrons. The number of furan rings is 1. The van der Waals surface area contributed by atoms with Gasteiger partial charge in [0.1, 0.15) is 17.1 Å². The normalized spacial score (nSPS) is 14.0. The zero-order valence-electron chi connectivity index (χ0n) is 17.3. The largest absolute Gasteiger partial charge is 0.452 e. The lowest BCUT2D eigenvalue weighted by Gasteiger charge is -2.09. The third kappa shape index (κ3) is 3.63. The van der Waals surface area contributed by atoms with Gasteiger partial charge in [-0.1, -0.05) is 45.8 Å². The van der Waals surface area contributed by atoms with Crippen LogP contribution in [0.4, 0.5) is 0 Å². The first-order chi connectivity index (χ1) is 15.4. The zero-order valence-corrected chi connectivity index (χ0v) is 18.9. The topological polar surface area (TPSA) is 65.7 Å². The van der Waals surface area contributed by atoms with Gasteiger partial charge in [-0.05, 0) is 61.9 Å². The minimum Gasteiger partial charge on any atom is -0.452 e. The molecule has 0 aliphatic carbocycles. The van der Waals surface area contributed by atoms with Crippen LogP contribution < -0.4 is 9.47 Å². The summed E-state index contributed by atoms with van der Waals surface area (Å²) in [7, 11) is 0. The van der Waals surface area contributed by atoms with Crippen molar-refractivity contribution < 1.29 is 23.5 Å². The third-order valence-corrected chi connectivity index (χ3v) is 5.75. The molecular formula is C26H17BrO5. The van der Waals surface area contributed by atoms with Crippen molar-refractivity contribution in [1.29, 1.82) is 0 Å². The molecule has 1 aliphatic heterocycles. The van der Waals surface area contributed by atoms with E-state index in [1.165, 1.54) is 0 Å². The summed E-state index contributed by atoms with van der Waals surface area (Å²) in [5.41, 5.74) is 3.56. The van der Waals surface area contributed by atoms with Crippen LogP contribution in [0.15, 0.2) is 75.3 Å². The molecule has 0 atom stereocenters. The van der Waals surface area contributed by atoms with Crippen LogP contribution in [0.1, 0.15) is 37.6 Å². The van der Waals surface area contributed by atoms with E-state index < -0.39 is 5.97 Å². The lowest BCUT2D eigenvalue weighted by molar-refractivity contribution is 0.0702. The monoisotopic (exact) mass is 488 g/mol. The Morgan fingerprint density at radius 3 is 2.69 bits per heavy atom. The molecule has 32 heavy (non-hydrogen) atoms. The van der Waals surface area contributed by atoms with Crippen LogP contribution in [0.2, 0.25) is 0 Å². The standard InChI is InChI=1S/C26H17BrO5/c1-14-4-3-5-16(10-14)11-22-24(28)19-7-9-20(15(2)25(19)31-22)32-26(29)23-13-17-12-18(27)6-8-21(17)30-23/h3-13H,1-2H3/b22-11-. The van der Waals surface area contributed by atoms with Gasteiger partial charge in [-0.2, -0.15) is 0 Å². The SMILES string of the molecule is Cc1cccc(/C=C2\Oc3c(ccc(OC(=O)c4cc5cc(Br)ccc5o4)c3C)C2=O)c1. The van der Waals surface area contributed by atoms with Crippen LogP contribution in [-0.2, 0) is 0 Å². The predicted octanol–water partition coefficient (Wildman–Crippen LogP) is 6.65. The van der Waals surface area contributed by atoms with Gasteiger partial charge in [0.2, 0.25) is 11.5 Å². The number of carbonyl (C=O) groups excluding carboxylic acids is 2. The van der Waals surface area contributed by atoms with E-state index in [4.69, 9.17) is 13.9 Å². The van der Waals surface area contributed by atoms with Gasteiger partial charge < -0.3 is 13.9 Å². The number of hydrogen-bond acceptors (Lipinski definition) is 5. The number of rotatable bonds is 3. The molecule has 4 aromatic rings. The molecule has 5 nitrogen and oxygen atoms in total. The molecule has 2 heterocycles. The Balaban J connectivity index is 1.42. The Labute approximate surface area is 192 Å². The average molecular weight is 489 g/mol. The lowest BCUT2D eigenvalue weighted by Crippen LogP contribution is -2.08. The number of carbonyl (C=O) groups is 2. The van der Waals surface area contributed by atoms with Crippen molar-refractivity contribution in [3.8, 4) is 11.5 Å². The molecular weight excluding hydrogens is 472 g/mol. The number of ketones is 1. The second kappa shape index (κ2) is 7.80. The highest BCUT2D eigenvalue weighted by atomic mass is 79.9. The first-order valence-corrected chi connectivity index (χ1v) is 10.7. The van der Waals surface area contributed by atoms with E-state index in [2.05, 4.69) is 15.9 Å². The highest BCUT2D eigenvalue weighted by Crippen LogP contribution is 2.39. The van der Waals surface area contributed by atoms with Crippen LogP contribution in [0.25, 0.3) is 17.0 Å². The maximum absolute atomic E-state index is 12.8. The number of benzene rings is 3. The first kappa shape index (κ1) is 20.3. The summed E-state index contributed by atoms with van der Waals surface area (Å²) in [4.78, 5) is 25.5. The predicted molar refractivity (Wildman–Crippen MR) is 124 cm³/mol. The molecule has 3 aromatic carbocycles. The van der Waals surface area contributed by atoms with Crippen LogP contribution in [0.5, 0.6) is 11.5 Å². The van der Waals surface area contributed by atoms with Gasteiger partial charge in [0.15, 0.2) is 5.76 Å². The average Bonchev–Trinajstić information content (AvgIpc) is 3.32. The molecule has 5 rings (SSSR count). The second-order valence-corrected chi connectivity index (χ2v) is 8.52. The maximum Gasteiger partial charge on any atom is 0.379 e. The van der Waals surface area contributed by atoms with E-state index in [1.807, 2.05) is 43.3 Å². The molecule has 6 heteroatoms. The molecule has 1 aromatic heterocycles. The number of aryl methyl sites for hydroxylation is 1. The fraction of sp³-hybridized carbons (Fsp3) is 0.0769. The Bertz CT molecular complexity index is 1440. The number of hydrogen-bond donors (Lipinski definition) is 0. The highest BCUT2D eigenvalue weighted by Gasteiger charge is 2.31. The van der Waals surface area contributed by atoms with Gasteiger partial charge in [-0.25, -0.2) is 4.79 Å². The van der Waals surface area contributed by atoms with Gasteiger partial charge in [-0.3, -0.25) is 4.79 Å². The molecule has 0 unspecified atom stereocenters. The molecule has 0 spiro atoms. The summed E-state index contributed by atoms with van der Waals surface area (Å²) in [6.07, 6.45) is 1.72. The van der Waals surface area contributed by atoms with E-state index >= 15 is 0 Å². The van der Waals surface area contributed by atoms with E-state index in [0.717, 1.165) is 21.0 Å². The number of fused-ring (bicyclic) bond motifs is 2. The minimum absolute atomic E-state index is 0.0926. The first-order valence-electron chi connectivity index (χ1n) is 9.95. The molecule has 1 aliphatic rings. The van der Waals surface area contributed by atoms with Crippen molar-refractivity contribution in [1.82, 2.24) is 0 Å². The van der Waals surface area contributed by atoms with Gasteiger partial charge in [0.25, 0.3) is 0 Å². The third-order valence-electron chi connectivity index (χ3n) is 5.26. The van der Waals surface area contributed by atoms with Crippen LogP contribution >= 0.6 is 15.9 Å². The van der Waals surface area contributed by atoms with Crippen LogP contribution in [0.3, 0.4) is 0 Å². The zero-order chi connectivity index (χ0) is 22.4. The van der Waals surface area contributed by atoms with Crippen molar-refractivity contribution >= 4 is 44.7 Å². The van der Waals surface area contributed by atoms with Gasteiger partial charge >= 0.3 is 5.97 Å². The summed E-state index contributed by atoms with van der Waals surface area (Å²) in [6, 6.07) is 18.1. The van der Waals surface area contributed by atoms with Gasteiger partial charge in [0.05, 0.1) is 5.56 Å². The fourth-order valence-electron chi connectivity index (χ4n) is 3.65. The smallest absolute Gasteiger partial charge is 0.379 e. The Morgan fingerprint density at radius 2 is 1.88 bits per heavy atom. The number of ether oxygens (including phenoxy) is 2. The molecule has 0 fully saturated rings. The molecule has 0 saturated heterocycles. The number of allylic oxidation sites excluding steroid dienone is 1. The summed E-state index contributed by atoms with van der Waals surface area (Å²) >= 11 is 3.40. The van der Waals surface area contributed by atoms with Gasteiger partial charge in [-0.15, -0.1) is 0 Å². The maximum atomic E-state index is 12.8. The van der Waals surface area contributed by atoms with E-state index in [1.54, 1.807) is 37.3 Å². The van der Waals surface area contributed by atoms with E-state index in [0.29, 0.717) is 28.2 Å². The highest BCUT2D eigenvalue weighted by molar-refractivity contribution is 9.10. The summed E-state index contributed by atoms with van der Waals surface area (Å²) in [5.74, 6) is 0.202. The Hall–Kier alpha value is -3.64. The lowest BCUT2D eigenvalue weighted by atomic mass is 10.1. The number of esters is 1. The summed E-state index contributed by atoms with van der Waals surface area (Å²) in [5, 5.41) is 0.789. The molecule has 0 saturated carbocycles. The number of Topliss-reactive ketones (excluding diaryl/α,β-unsaturated/α-hetero) is 1. The van der Waals surface area contributed by atoms with Crippen LogP contribution in [0, 0.1) is 13.8 Å². The van der Waals surface area contributed by atoms with Crippen LogP contribution in [-0.4, -0.2) is 11.8 Å². The van der Waals surface area contributed by atoms with Crippen molar-refractivity contribution in [3.05, 3.63) is 98.9 Å². The van der Waals surface area contributed by atoms with E-state index in [-0.39, 0.29) is 17.3 Å².